The molecule has 112 valence electrons. The van der Waals surface area contributed by atoms with Gasteiger partial charge in [-0.3, -0.25) is 9.59 Å². The average molecular weight is 317 g/mol. The lowest BCUT2D eigenvalue weighted by molar-refractivity contribution is -0.142. The highest BCUT2D eigenvalue weighted by atomic mass is 32.2. The number of aldehydes is 1. The molecular formula is C13H10F3NO3S. The van der Waals surface area contributed by atoms with Gasteiger partial charge in [0.25, 0.3) is 0 Å². The van der Waals surface area contributed by atoms with E-state index in [1.54, 1.807) is 13.0 Å². The third-order valence-corrected chi connectivity index (χ3v) is 3.19. The number of carbonyl (C=O) groups is 2. The van der Waals surface area contributed by atoms with Gasteiger partial charge in [-0.25, -0.2) is 0 Å². The maximum Gasteiger partial charge on any atom is 0.446 e. The second-order valence-electron chi connectivity index (χ2n) is 3.77. The van der Waals surface area contributed by atoms with Gasteiger partial charge in [0.2, 0.25) is 0 Å². The molecule has 4 nitrogen and oxygen atoms in total. The lowest BCUT2D eigenvalue weighted by atomic mass is 10.0. The predicted octanol–water partition coefficient (Wildman–Crippen LogP) is 3.09. The molecule has 0 amide bonds. The number of halogens is 3. The standard InChI is InChI=1S/C13H10F3NO3S/c1-2-20-12(19)5-8-3-4-11(21-13(14,15)16)10(7-18)9(8)6-17/h3-4,7H,2,5H2,1H3. The first-order valence-corrected chi connectivity index (χ1v) is 6.56. The molecule has 21 heavy (non-hydrogen) atoms. The van der Waals surface area contributed by atoms with Crippen LogP contribution in [-0.2, 0) is 16.0 Å². The van der Waals surface area contributed by atoms with Crippen molar-refractivity contribution in [2.75, 3.05) is 6.61 Å². The van der Waals surface area contributed by atoms with E-state index in [1.807, 2.05) is 0 Å². The van der Waals surface area contributed by atoms with Crippen LogP contribution in [0.25, 0.3) is 0 Å². The zero-order valence-electron chi connectivity index (χ0n) is 10.9. The van der Waals surface area contributed by atoms with Gasteiger partial charge in [-0.1, -0.05) is 6.07 Å². The van der Waals surface area contributed by atoms with E-state index in [9.17, 15) is 22.8 Å². The van der Waals surface area contributed by atoms with E-state index < -0.39 is 23.2 Å². The van der Waals surface area contributed by atoms with Crippen LogP contribution in [0.3, 0.4) is 0 Å². The molecule has 0 aliphatic rings. The van der Waals surface area contributed by atoms with Gasteiger partial charge in [0.15, 0.2) is 6.29 Å². The molecule has 0 atom stereocenters. The highest BCUT2D eigenvalue weighted by Crippen LogP contribution is 2.39. The average Bonchev–Trinajstić information content (AvgIpc) is 2.38. The predicted molar refractivity (Wildman–Crippen MR) is 68.8 cm³/mol. The molecule has 1 aromatic carbocycles. The molecule has 0 aliphatic carbocycles. The normalized spacial score (nSPS) is 10.8. The summed E-state index contributed by atoms with van der Waals surface area (Å²) in [5.74, 6) is -0.623. The van der Waals surface area contributed by atoms with E-state index >= 15 is 0 Å². The molecule has 0 radical (unpaired) electrons. The van der Waals surface area contributed by atoms with Crippen LogP contribution in [0, 0.1) is 11.3 Å². The summed E-state index contributed by atoms with van der Waals surface area (Å²) in [5.41, 5.74) is -5.04. The lowest BCUT2D eigenvalue weighted by Crippen LogP contribution is -2.10. The maximum absolute atomic E-state index is 12.4. The maximum atomic E-state index is 12.4. The molecule has 1 rings (SSSR count). The van der Waals surface area contributed by atoms with Crippen LogP contribution in [0.4, 0.5) is 13.2 Å². The smallest absolute Gasteiger partial charge is 0.446 e. The number of ether oxygens (including phenoxy) is 1. The zero-order valence-corrected chi connectivity index (χ0v) is 11.7. The minimum atomic E-state index is -4.58. The topological polar surface area (TPSA) is 67.2 Å². The van der Waals surface area contributed by atoms with Gasteiger partial charge in [-0.05, 0) is 30.3 Å². The van der Waals surface area contributed by atoms with Crippen LogP contribution in [0.2, 0.25) is 0 Å². The third kappa shape index (κ3) is 4.79. The summed E-state index contributed by atoms with van der Waals surface area (Å²) < 4.78 is 41.9. The molecule has 0 fully saturated rings. The first-order chi connectivity index (χ1) is 9.82. The Morgan fingerprint density at radius 3 is 2.62 bits per heavy atom. The van der Waals surface area contributed by atoms with Gasteiger partial charge in [-0.2, -0.15) is 18.4 Å². The van der Waals surface area contributed by atoms with Crippen LogP contribution < -0.4 is 0 Å². The second-order valence-corrected chi connectivity index (χ2v) is 4.88. The fraction of sp³-hybridized carbons (Fsp3) is 0.308. The highest BCUT2D eigenvalue weighted by molar-refractivity contribution is 8.00. The lowest BCUT2D eigenvalue weighted by Gasteiger charge is -2.11. The number of thioether (sulfide) groups is 1. The number of rotatable bonds is 5. The van der Waals surface area contributed by atoms with Gasteiger partial charge in [0.1, 0.15) is 6.07 Å². The van der Waals surface area contributed by atoms with Crippen molar-refractivity contribution in [1.82, 2.24) is 0 Å². The van der Waals surface area contributed by atoms with Gasteiger partial charge >= 0.3 is 11.5 Å². The van der Waals surface area contributed by atoms with Crippen molar-refractivity contribution < 1.29 is 27.5 Å². The van der Waals surface area contributed by atoms with Crippen molar-refractivity contribution >= 4 is 24.0 Å². The molecule has 8 heteroatoms. The minimum Gasteiger partial charge on any atom is -0.466 e. The van der Waals surface area contributed by atoms with Gasteiger partial charge < -0.3 is 4.74 Å². The van der Waals surface area contributed by atoms with Crippen LogP contribution in [0.15, 0.2) is 17.0 Å². The van der Waals surface area contributed by atoms with Crippen molar-refractivity contribution in [2.45, 2.75) is 23.7 Å². The monoisotopic (exact) mass is 317 g/mol. The molecule has 0 bridgehead atoms. The van der Waals surface area contributed by atoms with E-state index in [0.29, 0.717) is 0 Å². The number of benzene rings is 1. The molecule has 0 aliphatic heterocycles. The minimum absolute atomic E-state index is 0.142. The first-order valence-electron chi connectivity index (χ1n) is 5.74. The van der Waals surface area contributed by atoms with Gasteiger partial charge in [0.05, 0.1) is 18.6 Å². The van der Waals surface area contributed by atoms with Gasteiger partial charge in [0, 0.05) is 10.5 Å². The largest absolute Gasteiger partial charge is 0.466 e. The summed E-state index contributed by atoms with van der Waals surface area (Å²) in [6.07, 6.45) is -0.101. The Balaban J connectivity index is 3.23. The summed E-state index contributed by atoms with van der Waals surface area (Å²) in [5, 5.41) is 9.04. The number of hydrogen-bond acceptors (Lipinski definition) is 5. The Morgan fingerprint density at radius 1 is 1.48 bits per heavy atom. The fourth-order valence-electron chi connectivity index (χ4n) is 1.62. The number of hydrogen-bond donors (Lipinski definition) is 0. The first kappa shape index (κ1) is 17.0. The van der Waals surface area contributed by atoms with Crippen LogP contribution in [0.5, 0.6) is 0 Å². The summed E-state index contributed by atoms with van der Waals surface area (Å²) in [4.78, 5) is 22.0. The summed E-state index contributed by atoms with van der Waals surface area (Å²) in [7, 11) is 0. The molecule has 0 saturated carbocycles. The molecule has 1 aromatic rings. The number of carbonyl (C=O) groups excluding carboxylic acids is 2. The Kier molecular flexibility index (Phi) is 5.79. The molecule has 0 heterocycles. The second kappa shape index (κ2) is 7.13. The highest BCUT2D eigenvalue weighted by Gasteiger charge is 2.31. The number of nitriles is 1. The zero-order chi connectivity index (χ0) is 16.0. The summed E-state index contributed by atoms with van der Waals surface area (Å²) in [6.45, 7) is 1.74. The summed E-state index contributed by atoms with van der Waals surface area (Å²) in [6, 6.07) is 3.95. The van der Waals surface area contributed by atoms with E-state index in [4.69, 9.17) is 10.00 Å². The summed E-state index contributed by atoms with van der Waals surface area (Å²) >= 11 is -0.479. The van der Waals surface area contributed by atoms with Crippen molar-refractivity contribution in [1.29, 1.82) is 5.26 Å². The number of esters is 1. The fourth-order valence-corrected chi connectivity index (χ4v) is 2.27. The Hall–Kier alpha value is -2.01. The Labute approximate surface area is 122 Å². The SMILES string of the molecule is CCOC(=O)Cc1ccc(SC(F)(F)F)c(C=O)c1C#N. The number of nitrogens with zero attached hydrogens (tertiary/aromatic N) is 1. The Morgan fingerprint density at radius 2 is 2.14 bits per heavy atom. The van der Waals surface area contributed by atoms with Crippen molar-refractivity contribution in [3.8, 4) is 6.07 Å². The van der Waals surface area contributed by atoms with E-state index in [-0.39, 0.29) is 40.9 Å². The van der Waals surface area contributed by atoms with E-state index in [0.717, 1.165) is 6.07 Å². The quantitative estimate of drug-likeness (QED) is 0.474. The molecular weight excluding hydrogens is 307 g/mol. The Bertz CT molecular complexity index is 594. The van der Waals surface area contributed by atoms with Crippen molar-refractivity contribution in [3.05, 3.63) is 28.8 Å². The third-order valence-electron chi connectivity index (χ3n) is 2.39. The molecule has 0 N–H and O–H groups in total. The van der Waals surface area contributed by atoms with Gasteiger partial charge in [-0.15, -0.1) is 0 Å². The number of alkyl halides is 3. The van der Waals surface area contributed by atoms with Crippen molar-refractivity contribution in [3.63, 3.8) is 0 Å². The van der Waals surface area contributed by atoms with Crippen LogP contribution >= 0.6 is 11.8 Å². The van der Waals surface area contributed by atoms with Crippen LogP contribution in [0.1, 0.15) is 28.4 Å². The molecule has 0 spiro atoms. The van der Waals surface area contributed by atoms with Crippen molar-refractivity contribution in [2.24, 2.45) is 0 Å². The molecule has 0 aromatic heterocycles. The van der Waals surface area contributed by atoms with Crippen LogP contribution in [-0.4, -0.2) is 24.4 Å². The van der Waals surface area contributed by atoms with E-state index in [1.165, 1.54) is 6.07 Å². The molecule has 0 saturated heterocycles. The van der Waals surface area contributed by atoms with E-state index in [2.05, 4.69) is 0 Å². The molecule has 0 unspecified atom stereocenters.